The van der Waals surface area contributed by atoms with Crippen molar-refractivity contribution in [1.29, 1.82) is 0 Å². The Morgan fingerprint density at radius 3 is 2.50 bits per heavy atom. The summed E-state index contributed by atoms with van der Waals surface area (Å²) in [7, 11) is 0. The number of aromatic nitrogens is 2. The Balaban J connectivity index is 2.66. The molecule has 1 atom stereocenters. The van der Waals surface area contributed by atoms with Crippen LogP contribution in [0.25, 0.3) is 10.9 Å². The number of benzene rings is 1. The van der Waals surface area contributed by atoms with Crippen LogP contribution in [0, 0.1) is 0 Å². The summed E-state index contributed by atoms with van der Waals surface area (Å²) >= 11 is 5.85. The van der Waals surface area contributed by atoms with Crippen LogP contribution in [0.3, 0.4) is 0 Å². The highest BCUT2D eigenvalue weighted by Crippen LogP contribution is 2.32. The SMILES string of the molecule is CC(N)c1nc(Cl)c2cc(C(F)(F)F)ccc2n1. The van der Waals surface area contributed by atoms with Gasteiger partial charge in [-0.3, -0.25) is 0 Å². The molecule has 0 aliphatic heterocycles. The molecule has 2 N–H and O–H groups in total. The number of nitrogens with zero attached hydrogens (tertiary/aromatic N) is 2. The van der Waals surface area contributed by atoms with Gasteiger partial charge in [0.15, 0.2) is 0 Å². The third kappa shape index (κ3) is 2.39. The van der Waals surface area contributed by atoms with Crippen molar-refractivity contribution in [1.82, 2.24) is 9.97 Å². The first-order valence-corrected chi connectivity index (χ1v) is 5.47. The fourth-order valence-electron chi connectivity index (χ4n) is 1.49. The van der Waals surface area contributed by atoms with Crippen molar-refractivity contribution in [3.8, 4) is 0 Å². The van der Waals surface area contributed by atoms with E-state index in [0.29, 0.717) is 11.3 Å². The lowest BCUT2D eigenvalue weighted by Gasteiger charge is -2.10. The highest BCUT2D eigenvalue weighted by Gasteiger charge is 2.30. The van der Waals surface area contributed by atoms with Gasteiger partial charge in [0.25, 0.3) is 0 Å². The van der Waals surface area contributed by atoms with E-state index >= 15 is 0 Å². The van der Waals surface area contributed by atoms with Gasteiger partial charge in [-0.15, -0.1) is 0 Å². The van der Waals surface area contributed by atoms with E-state index in [-0.39, 0.29) is 10.5 Å². The molecule has 0 fully saturated rings. The van der Waals surface area contributed by atoms with Gasteiger partial charge in [0.05, 0.1) is 17.1 Å². The van der Waals surface area contributed by atoms with Crippen LogP contribution in [0.5, 0.6) is 0 Å². The standard InChI is InChI=1S/C11H9ClF3N3/c1-5(16)10-17-8-3-2-6(11(13,14)15)4-7(8)9(12)18-10/h2-5H,16H2,1H3. The third-order valence-electron chi connectivity index (χ3n) is 2.40. The molecule has 7 heteroatoms. The molecular weight excluding hydrogens is 267 g/mol. The predicted molar refractivity (Wildman–Crippen MR) is 62.2 cm³/mol. The van der Waals surface area contributed by atoms with Gasteiger partial charge in [0.2, 0.25) is 0 Å². The lowest BCUT2D eigenvalue weighted by Crippen LogP contribution is -2.10. The Hall–Kier alpha value is -1.40. The number of rotatable bonds is 1. The maximum Gasteiger partial charge on any atom is 0.416 e. The Bertz CT molecular complexity index is 596. The molecule has 0 aliphatic rings. The van der Waals surface area contributed by atoms with Crippen molar-refractivity contribution >= 4 is 22.5 Å². The van der Waals surface area contributed by atoms with Crippen LogP contribution in [0.2, 0.25) is 5.15 Å². The predicted octanol–water partition coefficient (Wildman–Crippen LogP) is 3.32. The molecule has 0 amide bonds. The summed E-state index contributed by atoms with van der Waals surface area (Å²) in [6.45, 7) is 1.67. The Morgan fingerprint density at radius 1 is 1.28 bits per heavy atom. The number of alkyl halides is 3. The average Bonchev–Trinajstić information content (AvgIpc) is 2.27. The van der Waals surface area contributed by atoms with E-state index in [4.69, 9.17) is 17.3 Å². The quantitative estimate of drug-likeness (QED) is 0.812. The molecule has 2 rings (SSSR count). The summed E-state index contributed by atoms with van der Waals surface area (Å²) in [4.78, 5) is 7.96. The lowest BCUT2D eigenvalue weighted by molar-refractivity contribution is -0.137. The van der Waals surface area contributed by atoms with Crippen LogP contribution in [0.1, 0.15) is 24.4 Å². The molecule has 0 aliphatic carbocycles. The molecule has 1 aromatic heterocycles. The summed E-state index contributed by atoms with van der Waals surface area (Å²) in [6.07, 6.45) is -4.42. The Kier molecular flexibility index (Phi) is 3.16. The average molecular weight is 276 g/mol. The molecule has 0 radical (unpaired) electrons. The zero-order chi connectivity index (χ0) is 13.5. The van der Waals surface area contributed by atoms with Gasteiger partial charge in [-0.1, -0.05) is 11.6 Å². The molecule has 1 unspecified atom stereocenters. The van der Waals surface area contributed by atoms with E-state index in [9.17, 15) is 13.2 Å². The third-order valence-corrected chi connectivity index (χ3v) is 2.69. The number of fused-ring (bicyclic) bond motifs is 1. The van der Waals surface area contributed by atoms with Crippen molar-refractivity contribution in [2.24, 2.45) is 5.73 Å². The van der Waals surface area contributed by atoms with E-state index in [1.54, 1.807) is 6.92 Å². The topological polar surface area (TPSA) is 51.8 Å². The normalized spacial score (nSPS) is 13.9. The largest absolute Gasteiger partial charge is 0.416 e. The molecule has 0 saturated heterocycles. The second kappa shape index (κ2) is 4.37. The zero-order valence-electron chi connectivity index (χ0n) is 9.29. The minimum atomic E-state index is -4.42. The van der Waals surface area contributed by atoms with Crippen molar-refractivity contribution in [2.45, 2.75) is 19.1 Å². The van der Waals surface area contributed by atoms with Gasteiger partial charge in [-0.05, 0) is 25.1 Å². The number of nitrogens with two attached hydrogens (primary N) is 1. The summed E-state index contributed by atoms with van der Waals surface area (Å²) in [5.74, 6) is 0.298. The van der Waals surface area contributed by atoms with Crippen LogP contribution in [-0.4, -0.2) is 9.97 Å². The van der Waals surface area contributed by atoms with E-state index < -0.39 is 17.8 Å². The molecule has 3 nitrogen and oxygen atoms in total. The molecular formula is C11H9ClF3N3. The monoisotopic (exact) mass is 275 g/mol. The molecule has 1 heterocycles. The van der Waals surface area contributed by atoms with Gasteiger partial charge >= 0.3 is 6.18 Å². The second-order valence-corrected chi connectivity index (χ2v) is 4.25. The second-order valence-electron chi connectivity index (χ2n) is 3.89. The van der Waals surface area contributed by atoms with E-state index in [2.05, 4.69) is 9.97 Å². The Morgan fingerprint density at radius 2 is 1.94 bits per heavy atom. The first-order chi connectivity index (χ1) is 8.29. The van der Waals surface area contributed by atoms with Crippen molar-refractivity contribution in [3.63, 3.8) is 0 Å². The van der Waals surface area contributed by atoms with Crippen LogP contribution in [0.4, 0.5) is 13.2 Å². The highest BCUT2D eigenvalue weighted by molar-refractivity contribution is 6.34. The first-order valence-electron chi connectivity index (χ1n) is 5.09. The molecule has 18 heavy (non-hydrogen) atoms. The van der Waals surface area contributed by atoms with Gasteiger partial charge in [0.1, 0.15) is 11.0 Å². The fourth-order valence-corrected chi connectivity index (χ4v) is 1.73. The number of hydrogen-bond acceptors (Lipinski definition) is 3. The van der Waals surface area contributed by atoms with Crippen molar-refractivity contribution < 1.29 is 13.2 Å². The van der Waals surface area contributed by atoms with E-state index in [1.807, 2.05) is 0 Å². The van der Waals surface area contributed by atoms with Gasteiger partial charge in [-0.2, -0.15) is 13.2 Å². The minimum Gasteiger partial charge on any atom is -0.322 e. The maximum absolute atomic E-state index is 12.6. The van der Waals surface area contributed by atoms with Gasteiger partial charge in [0, 0.05) is 5.39 Å². The van der Waals surface area contributed by atoms with Gasteiger partial charge < -0.3 is 5.73 Å². The van der Waals surface area contributed by atoms with E-state index in [0.717, 1.165) is 12.1 Å². The lowest BCUT2D eigenvalue weighted by atomic mass is 10.1. The van der Waals surface area contributed by atoms with Crippen LogP contribution in [-0.2, 0) is 6.18 Å². The zero-order valence-corrected chi connectivity index (χ0v) is 10.0. The highest BCUT2D eigenvalue weighted by atomic mass is 35.5. The van der Waals surface area contributed by atoms with Crippen LogP contribution >= 0.6 is 11.6 Å². The summed E-state index contributed by atoms with van der Waals surface area (Å²) < 4.78 is 37.7. The van der Waals surface area contributed by atoms with Gasteiger partial charge in [-0.25, -0.2) is 9.97 Å². The fraction of sp³-hybridized carbons (Fsp3) is 0.273. The summed E-state index contributed by atoms with van der Waals surface area (Å²) in [6, 6.07) is 2.71. The minimum absolute atomic E-state index is 0.0293. The molecule has 0 saturated carbocycles. The van der Waals surface area contributed by atoms with Crippen molar-refractivity contribution in [3.05, 3.63) is 34.7 Å². The Labute approximate surface area is 106 Å². The molecule has 96 valence electrons. The first kappa shape index (κ1) is 13.0. The number of hydrogen-bond donors (Lipinski definition) is 1. The van der Waals surface area contributed by atoms with Crippen molar-refractivity contribution in [2.75, 3.05) is 0 Å². The molecule has 0 bridgehead atoms. The van der Waals surface area contributed by atoms with Crippen LogP contribution < -0.4 is 5.73 Å². The smallest absolute Gasteiger partial charge is 0.322 e. The molecule has 1 aromatic carbocycles. The van der Waals surface area contributed by atoms with Crippen LogP contribution in [0.15, 0.2) is 18.2 Å². The number of halogens is 4. The maximum atomic E-state index is 12.6. The summed E-state index contributed by atoms with van der Waals surface area (Å²) in [5, 5.41) is 0.134. The molecule has 0 spiro atoms. The molecule has 2 aromatic rings. The summed E-state index contributed by atoms with van der Waals surface area (Å²) in [5.41, 5.74) is 5.17. The van der Waals surface area contributed by atoms with E-state index in [1.165, 1.54) is 6.07 Å².